The van der Waals surface area contributed by atoms with E-state index in [2.05, 4.69) is 20.2 Å². The van der Waals surface area contributed by atoms with Crippen molar-refractivity contribution in [2.75, 3.05) is 19.4 Å². The third-order valence-electron chi connectivity index (χ3n) is 4.80. The van der Waals surface area contributed by atoms with E-state index in [0.717, 1.165) is 35.4 Å². The standard InChI is InChI=1S/C19H20N6O2/c1-27-13-6-4-12(5-7-13)14-11-21-19(20)23-17(14)16-3-2-10-25(16)18(26)15-8-9-22-24-15/h4-9,11,16H,2-3,10H2,1H3,(H,22,24)(H2,20,21,23)/t16-/m1/s1. The number of carbonyl (C=O) groups excluding carboxylic acids is 1. The molecule has 0 saturated carbocycles. The first-order valence-electron chi connectivity index (χ1n) is 8.74. The second-order valence-electron chi connectivity index (χ2n) is 6.38. The molecule has 1 aliphatic heterocycles. The molecule has 0 aliphatic carbocycles. The molecular formula is C19H20N6O2. The molecular weight excluding hydrogens is 344 g/mol. The lowest BCUT2D eigenvalue weighted by Gasteiger charge is -2.25. The number of hydrogen-bond donors (Lipinski definition) is 2. The van der Waals surface area contributed by atoms with Crippen LogP contribution in [-0.4, -0.2) is 44.6 Å². The number of nitrogens with two attached hydrogens (primary N) is 1. The summed E-state index contributed by atoms with van der Waals surface area (Å²) in [5.41, 5.74) is 8.92. The molecule has 1 aliphatic rings. The van der Waals surface area contributed by atoms with E-state index in [9.17, 15) is 4.79 Å². The molecule has 1 atom stereocenters. The Morgan fingerprint density at radius 3 is 2.81 bits per heavy atom. The van der Waals surface area contributed by atoms with Crippen LogP contribution in [0.15, 0.2) is 42.7 Å². The molecule has 0 unspecified atom stereocenters. The molecule has 0 spiro atoms. The number of benzene rings is 1. The number of nitrogens with one attached hydrogen (secondary N) is 1. The first-order chi connectivity index (χ1) is 13.2. The lowest BCUT2D eigenvalue weighted by Crippen LogP contribution is -2.31. The molecule has 27 heavy (non-hydrogen) atoms. The summed E-state index contributed by atoms with van der Waals surface area (Å²) >= 11 is 0. The maximum atomic E-state index is 12.9. The lowest BCUT2D eigenvalue weighted by molar-refractivity contribution is 0.0727. The molecule has 1 aromatic carbocycles. The highest BCUT2D eigenvalue weighted by Crippen LogP contribution is 2.37. The Balaban J connectivity index is 1.73. The van der Waals surface area contributed by atoms with Crippen LogP contribution in [0.1, 0.15) is 35.1 Å². The second kappa shape index (κ2) is 7.06. The minimum Gasteiger partial charge on any atom is -0.497 e. The molecule has 3 N–H and O–H groups in total. The first-order valence-corrected chi connectivity index (χ1v) is 8.74. The van der Waals surface area contributed by atoms with Gasteiger partial charge in [-0.05, 0) is 36.6 Å². The minimum atomic E-state index is -0.164. The Morgan fingerprint density at radius 2 is 2.11 bits per heavy atom. The van der Waals surface area contributed by atoms with Gasteiger partial charge in [0.2, 0.25) is 5.95 Å². The third-order valence-corrected chi connectivity index (χ3v) is 4.80. The maximum absolute atomic E-state index is 12.9. The van der Waals surface area contributed by atoms with Crippen molar-refractivity contribution >= 4 is 11.9 Å². The molecule has 3 aromatic rings. The van der Waals surface area contributed by atoms with Crippen LogP contribution in [0.3, 0.4) is 0 Å². The number of hydrogen-bond acceptors (Lipinski definition) is 6. The van der Waals surface area contributed by atoms with E-state index in [4.69, 9.17) is 10.5 Å². The van der Waals surface area contributed by atoms with Crippen molar-refractivity contribution in [2.45, 2.75) is 18.9 Å². The number of carbonyl (C=O) groups is 1. The Kier molecular flexibility index (Phi) is 4.45. The van der Waals surface area contributed by atoms with Gasteiger partial charge in [-0.1, -0.05) is 12.1 Å². The number of nitrogens with zero attached hydrogens (tertiary/aromatic N) is 4. The second-order valence-corrected chi connectivity index (χ2v) is 6.38. The van der Waals surface area contributed by atoms with Crippen molar-refractivity contribution in [3.63, 3.8) is 0 Å². The molecule has 4 rings (SSSR count). The number of aromatic nitrogens is 4. The third kappa shape index (κ3) is 3.21. The van der Waals surface area contributed by atoms with Gasteiger partial charge in [0.15, 0.2) is 0 Å². The van der Waals surface area contributed by atoms with Gasteiger partial charge in [0, 0.05) is 24.5 Å². The molecule has 1 fully saturated rings. The summed E-state index contributed by atoms with van der Waals surface area (Å²) in [5.74, 6) is 0.879. The van der Waals surface area contributed by atoms with Crippen molar-refractivity contribution in [1.82, 2.24) is 25.1 Å². The average Bonchev–Trinajstić information content (AvgIpc) is 3.39. The Bertz CT molecular complexity index is 939. The van der Waals surface area contributed by atoms with Crippen molar-refractivity contribution in [3.8, 4) is 16.9 Å². The summed E-state index contributed by atoms with van der Waals surface area (Å²) in [4.78, 5) is 23.4. The van der Waals surface area contributed by atoms with E-state index in [0.29, 0.717) is 12.2 Å². The number of ether oxygens (including phenoxy) is 1. The van der Waals surface area contributed by atoms with Gasteiger partial charge in [-0.2, -0.15) is 5.10 Å². The van der Waals surface area contributed by atoms with Gasteiger partial charge in [-0.3, -0.25) is 9.89 Å². The van der Waals surface area contributed by atoms with Crippen molar-refractivity contribution < 1.29 is 9.53 Å². The van der Waals surface area contributed by atoms with Gasteiger partial charge < -0.3 is 15.4 Å². The predicted octanol–water partition coefficient (Wildman–Crippen LogP) is 2.43. The highest BCUT2D eigenvalue weighted by molar-refractivity contribution is 5.92. The summed E-state index contributed by atoms with van der Waals surface area (Å²) in [7, 11) is 1.63. The molecule has 1 saturated heterocycles. The van der Waals surface area contributed by atoms with Gasteiger partial charge in [0.05, 0.1) is 18.8 Å². The van der Waals surface area contributed by atoms with E-state index in [1.807, 2.05) is 29.2 Å². The van der Waals surface area contributed by atoms with Gasteiger partial charge in [0.25, 0.3) is 5.91 Å². The van der Waals surface area contributed by atoms with Gasteiger partial charge in [-0.25, -0.2) is 9.97 Å². The van der Waals surface area contributed by atoms with Crippen LogP contribution in [0.25, 0.3) is 11.1 Å². The van der Waals surface area contributed by atoms with Gasteiger partial charge in [0.1, 0.15) is 11.4 Å². The minimum absolute atomic E-state index is 0.0899. The Hall–Kier alpha value is -3.42. The lowest BCUT2D eigenvalue weighted by atomic mass is 9.99. The van der Waals surface area contributed by atoms with Crippen molar-refractivity contribution in [1.29, 1.82) is 0 Å². The number of H-pyrrole nitrogens is 1. The molecule has 2 aromatic heterocycles. The topological polar surface area (TPSA) is 110 Å². The number of likely N-dealkylation sites (tertiary alicyclic amines) is 1. The highest BCUT2D eigenvalue weighted by Gasteiger charge is 2.34. The fourth-order valence-electron chi connectivity index (χ4n) is 3.48. The number of aromatic amines is 1. The SMILES string of the molecule is COc1ccc(-c2cnc(N)nc2[C@H]2CCCN2C(=O)c2ccn[nH]2)cc1. The number of amides is 1. The fraction of sp³-hybridized carbons (Fsp3) is 0.263. The van der Waals surface area contributed by atoms with E-state index in [1.54, 1.807) is 25.6 Å². The zero-order valence-electron chi connectivity index (χ0n) is 14.9. The van der Waals surface area contributed by atoms with E-state index in [-0.39, 0.29) is 17.9 Å². The van der Waals surface area contributed by atoms with Crippen molar-refractivity contribution in [3.05, 3.63) is 54.1 Å². The van der Waals surface area contributed by atoms with Gasteiger partial charge >= 0.3 is 0 Å². The number of anilines is 1. The molecule has 8 nitrogen and oxygen atoms in total. The first kappa shape index (κ1) is 17.0. The monoisotopic (exact) mass is 364 g/mol. The summed E-state index contributed by atoms with van der Waals surface area (Å²) < 4.78 is 5.23. The molecule has 138 valence electrons. The fourth-order valence-corrected chi connectivity index (χ4v) is 3.48. The predicted molar refractivity (Wildman–Crippen MR) is 100 cm³/mol. The van der Waals surface area contributed by atoms with E-state index >= 15 is 0 Å². The molecule has 0 bridgehead atoms. The zero-order valence-corrected chi connectivity index (χ0v) is 14.9. The Labute approximate surface area is 156 Å². The largest absolute Gasteiger partial charge is 0.497 e. The normalized spacial score (nSPS) is 16.5. The van der Waals surface area contributed by atoms with Crippen molar-refractivity contribution in [2.24, 2.45) is 0 Å². The summed E-state index contributed by atoms with van der Waals surface area (Å²) in [5, 5.41) is 6.62. The quantitative estimate of drug-likeness (QED) is 0.736. The zero-order chi connectivity index (χ0) is 18.8. The van der Waals surface area contributed by atoms with Crippen LogP contribution >= 0.6 is 0 Å². The van der Waals surface area contributed by atoms with Crippen LogP contribution in [0, 0.1) is 0 Å². The number of methoxy groups -OCH3 is 1. The number of rotatable bonds is 4. The molecule has 0 radical (unpaired) electrons. The van der Waals surface area contributed by atoms with E-state index < -0.39 is 0 Å². The summed E-state index contributed by atoms with van der Waals surface area (Å²) in [6, 6.07) is 9.19. The molecule has 1 amide bonds. The Morgan fingerprint density at radius 1 is 1.30 bits per heavy atom. The number of nitrogen functional groups attached to an aromatic ring is 1. The van der Waals surface area contributed by atoms with Crippen LogP contribution in [0.2, 0.25) is 0 Å². The van der Waals surface area contributed by atoms with Gasteiger partial charge in [-0.15, -0.1) is 0 Å². The van der Waals surface area contributed by atoms with Crippen LogP contribution in [-0.2, 0) is 0 Å². The molecule has 3 heterocycles. The summed E-state index contributed by atoms with van der Waals surface area (Å²) in [6.07, 6.45) is 5.01. The maximum Gasteiger partial charge on any atom is 0.272 e. The van der Waals surface area contributed by atoms with E-state index in [1.165, 1.54) is 0 Å². The smallest absolute Gasteiger partial charge is 0.272 e. The highest BCUT2D eigenvalue weighted by atomic mass is 16.5. The average molecular weight is 364 g/mol. The van der Waals surface area contributed by atoms with Crippen LogP contribution < -0.4 is 10.5 Å². The van der Waals surface area contributed by atoms with Crippen LogP contribution in [0.4, 0.5) is 5.95 Å². The van der Waals surface area contributed by atoms with Crippen LogP contribution in [0.5, 0.6) is 5.75 Å². The molecule has 8 heteroatoms. The summed E-state index contributed by atoms with van der Waals surface area (Å²) in [6.45, 7) is 0.661.